The first-order valence-electron chi connectivity index (χ1n) is 37.8. The van der Waals surface area contributed by atoms with Crippen LogP contribution in [0.3, 0.4) is 0 Å². The van der Waals surface area contributed by atoms with Crippen molar-refractivity contribution in [1.29, 1.82) is 0 Å². The van der Waals surface area contributed by atoms with Gasteiger partial charge >= 0.3 is 17.9 Å². The van der Waals surface area contributed by atoms with E-state index in [1.807, 2.05) is 0 Å². The molecule has 0 spiro atoms. The second-order valence-electron chi connectivity index (χ2n) is 25.9. The van der Waals surface area contributed by atoms with E-state index < -0.39 is 6.10 Å². The van der Waals surface area contributed by atoms with Crippen molar-refractivity contribution in [2.45, 2.75) is 438 Å². The molecule has 6 nitrogen and oxygen atoms in total. The van der Waals surface area contributed by atoms with Crippen molar-refractivity contribution in [1.82, 2.24) is 0 Å². The summed E-state index contributed by atoms with van der Waals surface area (Å²) in [6, 6.07) is 0. The molecule has 1 unspecified atom stereocenters. The largest absolute Gasteiger partial charge is 0.462 e. The molecule has 0 aliphatic rings. The average molecular weight is 1170 g/mol. The molecule has 1 atom stereocenters. The molecule has 0 saturated carbocycles. The van der Waals surface area contributed by atoms with E-state index in [1.54, 1.807) is 0 Å². The van der Waals surface area contributed by atoms with Gasteiger partial charge in [-0.25, -0.2) is 0 Å². The smallest absolute Gasteiger partial charge is 0.306 e. The molecular weight excluding hydrogens is 1020 g/mol. The van der Waals surface area contributed by atoms with Crippen LogP contribution in [0.2, 0.25) is 0 Å². The average Bonchev–Trinajstić information content (AvgIpc) is 3.50. The van der Waals surface area contributed by atoms with Gasteiger partial charge < -0.3 is 14.2 Å². The summed E-state index contributed by atoms with van der Waals surface area (Å²) >= 11 is 0. The number of rotatable bonds is 71. The highest BCUT2D eigenvalue weighted by molar-refractivity contribution is 5.71. The summed E-state index contributed by atoms with van der Waals surface area (Å²) in [5, 5.41) is 0. The number of carbonyl (C=O) groups excluding carboxylic acids is 3. The zero-order valence-corrected chi connectivity index (χ0v) is 56.5. The fraction of sp³-hybridized carbons (Fsp3) is 0.909. The lowest BCUT2D eigenvalue weighted by Crippen LogP contribution is -2.30. The van der Waals surface area contributed by atoms with E-state index in [9.17, 15) is 14.4 Å². The molecule has 6 heteroatoms. The number of unbranched alkanes of at least 4 members (excludes halogenated alkanes) is 56. The predicted molar refractivity (Wildman–Crippen MR) is 363 cm³/mol. The third-order valence-corrected chi connectivity index (χ3v) is 17.4. The standard InChI is InChI=1S/C77H146O6/c1-4-7-10-13-16-18-20-22-24-26-28-30-32-34-35-36-37-38-39-40-41-43-44-46-48-50-52-54-56-58-61-64-67-70-76(79)82-73-74(72-81-75(78)69-66-63-60-15-12-9-6-3)83-77(80)71-68-65-62-59-57-55-53-51-49-47-45-42-33-31-29-27-25-23-21-19-17-14-11-8-5-2/h26-29,74H,4-25,30-73H2,1-3H3/b28-26-,29-27-. The molecule has 0 aromatic heterocycles. The van der Waals surface area contributed by atoms with Crippen LogP contribution < -0.4 is 0 Å². The zero-order chi connectivity index (χ0) is 59.9. The number of allylic oxidation sites excluding steroid dienone is 4. The van der Waals surface area contributed by atoms with Crippen molar-refractivity contribution in [3.63, 3.8) is 0 Å². The Morgan fingerprint density at radius 1 is 0.229 bits per heavy atom. The summed E-state index contributed by atoms with van der Waals surface area (Å²) in [5.41, 5.74) is 0. The second kappa shape index (κ2) is 72.4. The monoisotopic (exact) mass is 1170 g/mol. The van der Waals surface area contributed by atoms with E-state index in [-0.39, 0.29) is 31.1 Å². The SMILES string of the molecule is CCCCCCCCCC/C=C\CCCCCCCCCCCCCCCCCCCCCCCC(=O)OCC(COC(=O)CCCCCCCCC)OC(=O)CCCCCCCCCCCCCCC/C=C\CCCCCCCCCC. The van der Waals surface area contributed by atoms with Crippen LogP contribution >= 0.6 is 0 Å². The molecule has 490 valence electrons. The summed E-state index contributed by atoms with van der Waals surface area (Å²) in [4.78, 5) is 38.2. The third kappa shape index (κ3) is 70.5. The van der Waals surface area contributed by atoms with Crippen LogP contribution in [0.5, 0.6) is 0 Å². The molecule has 0 bridgehead atoms. The van der Waals surface area contributed by atoms with Gasteiger partial charge in [0.2, 0.25) is 0 Å². The summed E-state index contributed by atoms with van der Waals surface area (Å²) < 4.78 is 16.9. The Balaban J connectivity index is 3.95. The highest BCUT2D eigenvalue weighted by Crippen LogP contribution is 2.19. The molecule has 83 heavy (non-hydrogen) atoms. The Morgan fingerprint density at radius 2 is 0.398 bits per heavy atom. The zero-order valence-electron chi connectivity index (χ0n) is 56.5. The second-order valence-corrected chi connectivity index (χ2v) is 25.9. The number of ether oxygens (including phenoxy) is 3. The van der Waals surface area contributed by atoms with Gasteiger partial charge in [-0.05, 0) is 70.6 Å². The van der Waals surface area contributed by atoms with Gasteiger partial charge in [-0.2, -0.15) is 0 Å². The lowest BCUT2D eigenvalue weighted by Gasteiger charge is -2.18. The van der Waals surface area contributed by atoms with Gasteiger partial charge in [0.25, 0.3) is 0 Å². The summed E-state index contributed by atoms with van der Waals surface area (Å²) in [6.45, 7) is 6.68. The normalized spacial score (nSPS) is 12.1. The van der Waals surface area contributed by atoms with Crippen molar-refractivity contribution in [3.05, 3.63) is 24.3 Å². The van der Waals surface area contributed by atoms with Crippen LogP contribution in [0.4, 0.5) is 0 Å². The fourth-order valence-electron chi connectivity index (χ4n) is 11.7. The van der Waals surface area contributed by atoms with Crippen LogP contribution in [-0.2, 0) is 28.6 Å². The topological polar surface area (TPSA) is 78.9 Å². The number of esters is 3. The molecule has 0 fully saturated rings. The molecule has 0 heterocycles. The Kier molecular flexibility index (Phi) is 70.5. The Bertz CT molecular complexity index is 1340. The minimum Gasteiger partial charge on any atom is -0.462 e. The number of carbonyl (C=O) groups is 3. The summed E-state index contributed by atoms with van der Waals surface area (Å²) in [7, 11) is 0. The van der Waals surface area contributed by atoms with E-state index in [4.69, 9.17) is 14.2 Å². The van der Waals surface area contributed by atoms with Crippen molar-refractivity contribution in [3.8, 4) is 0 Å². The van der Waals surface area contributed by atoms with Gasteiger partial charge in [-0.15, -0.1) is 0 Å². The van der Waals surface area contributed by atoms with Gasteiger partial charge in [0.15, 0.2) is 6.10 Å². The summed E-state index contributed by atoms with van der Waals surface area (Å²) in [5.74, 6) is -0.841. The van der Waals surface area contributed by atoms with Crippen molar-refractivity contribution in [2.75, 3.05) is 13.2 Å². The highest BCUT2D eigenvalue weighted by Gasteiger charge is 2.20. The minimum atomic E-state index is -0.766. The predicted octanol–water partition coefficient (Wildman–Crippen LogP) is 26.1. The third-order valence-electron chi connectivity index (χ3n) is 17.4. The van der Waals surface area contributed by atoms with E-state index >= 15 is 0 Å². The first kappa shape index (κ1) is 80.9. The first-order valence-corrected chi connectivity index (χ1v) is 37.8. The molecule has 0 rings (SSSR count). The van der Waals surface area contributed by atoms with Crippen molar-refractivity contribution >= 4 is 17.9 Å². The van der Waals surface area contributed by atoms with Crippen LogP contribution in [0.25, 0.3) is 0 Å². The molecule has 0 aliphatic heterocycles. The van der Waals surface area contributed by atoms with Gasteiger partial charge in [-0.3, -0.25) is 14.4 Å². The van der Waals surface area contributed by atoms with Crippen LogP contribution in [0.1, 0.15) is 432 Å². The quantitative estimate of drug-likeness (QED) is 0.0261. The van der Waals surface area contributed by atoms with Gasteiger partial charge in [0.05, 0.1) is 0 Å². The van der Waals surface area contributed by atoms with Gasteiger partial charge in [0, 0.05) is 19.3 Å². The van der Waals surface area contributed by atoms with Crippen LogP contribution in [0.15, 0.2) is 24.3 Å². The molecule has 0 radical (unpaired) electrons. The minimum absolute atomic E-state index is 0.0648. The first-order chi connectivity index (χ1) is 41.0. The maximum absolute atomic E-state index is 12.9. The van der Waals surface area contributed by atoms with Crippen molar-refractivity contribution in [2.24, 2.45) is 0 Å². The van der Waals surface area contributed by atoms with E-state index in [1.165, 1.54) is 334 Å². The Morgan fingerprint density at radius 3 is 0.602 bits per heavy atom. The highest BCUT2D eigenvalue weighted by atomic mass is 16.6. The number of hydrogen-bond acceptors (Lipinski definition) is 6. The Labute approximate surface area is 519 Å². The van der Waals surface area contributed by atoms with E-state index in [2.05, 4.69) is 45.1 Å². The number of hydrogen-bond donors (Lipinski definition) is 0. The fourth-order valence-corrected chi connectivity index (χ4v) is 11.7. The van der Waals surface area contributed by atoms with Crippen molar-refractivity contribution < 1.29 is 28.6 Å². The maximum Gasteiger partial charge on any atom is 0.306 e. The molecular formula is C77H146O6. The molecule has 0 amide bonds. The molecule has 0 aromatic rings. The van der Waals surface area contributed by atoms with Gasteiger partial charge in [-0.1, -0.05) is 366 Å². The lowest BCUT2D eigenvalue weighted by atomic mass is 10.0. The summed E-state index contributed by atoms with van der Waals surface area (Å²) in [6.07, 6.45) is 89.9. The van der Waals surface area contributed by atoms with E-state index in [0.29, 0.717) is 19.3 Å². The lowest BCUT2D eigenvalue weighted by molar-refractivity contribution is -0.167. The van der Waals surface area contributed by atoms with Crippen LogP contribution in [0, 0.1) is 0 Å². The van der Waals surface area contributed by atoms with Crippen LogP contribution in [-0.4, -0.2) is 37.2 Å². The van der Waals surface area contributed by atoms with E-state index in [0.717, 1.165) is 57.8 Å². The molecule has 0 N–H and O–H groups in total. The molecule has 0 aromatic carbocycles. The molecule has 0 aliphatic carbocycles. The Hall–Kier alpha value is -2.11. The molecule has 0 saturated heterocycles. The van der Waals surface area contributed by atoms with Gasteiger partial charge in [0.1, 0.15) is 13.2 Å². The maximum atomic E-state index is 12.9.